The Morgan fingerprint density at radius 3 is 2.43 bits per heavy atom. The summed E-state index contributed by atoms with van der Waals surface area (Å²) in [5.74, 6) is 0. The Hall–Kier alpha value is -0.120. The fourth-order valence-electron chi connectivity index (χ4n) is 1.82. The molecule has 3 nitrogen and oxygen atoms in total. The van der Waals surface area contributed by atoms with E-state index in [9.17, 15) is 5.11 Å². The first kappa shape index (κ1) is 12.0. The average molecular weight is 201 g/mol. The molecule has 0 spiro atoms. The van der Waals surface area contributed by atoms with Crippen molar-refractivity contribution in [1.29, 1.82) is 0 Å². The van der Waals surface area contributed by atoms with Gasteiger partial charge in [0.2, 0.25) is 0 Å². The first-order valence-electron chi connectivity index (χ1n) is 5.66. The number of hydrogen-bond acceptors (Lipinski definition) is 3. The summed E-state index contributed by atoms with van der Waals surface area (Å²) in [6, 6.07) is 0.597. The van der Waals surface area contributed by atoms with Crippen LogP contribution in [0.4, 0.5) is 0 Å². The van der Waals surface area contributed by atoms with Crippen molar-refractivity contribution in [2.24, 2.45) is 0 Å². The van der Waals surface area contributed by atoms with Gasteiger partial charge >= 0.3 is 0 Å². The normalized spacial score (nSPS) is 22.1. The predicted molar refractivity (Wildman–Crippen MR) is 57.2 cm³/mol. The lowest BCUT2D eigenvalue weighted by Crippen LogP contribution is -2.49. The second-order valence-electron chi connectivity index (χ2n) is 4.63. The Kier molecular flexibility index (Phi) is 4.35. The molecule has 0 heterocycles. The SMILES string of the molecule is CCC(C)(O)CN(CCO)C1CCC1. The van der Waals surface area contributed by atoms with Crippen LogP contribution in [0.5, 0.6) is 0 Å². The van der Waals surface area contributed by atoms with Crippen LogP contribution in [-0.2, 0) is 0 Å². The molecule has 1 atom stereocenters. The second-order valence-corrected chi connectivity index (χ2v) is 4.63. The number of rotatable bonds is 6. The third kappa shape index (κ3) is 3.23. The molecule has 0 aromatic heterocycles. The van der Waals surface area contributed by atoms with Crippen LogP contribution >= 0.6 is 0 Å². The van der Waals surface area contributed by atoms with Crippen molar-refractivity contribution in [3.63, 3.8) is 0 Å². The van der Waals surface area contributed by atoms with Gasteiger partial charge in [-0.05, 0) is 26.2 Å². The van der Waals surface area contributed by atoms with E-state index in [-0.39, 0.29) is 6.61 Å². The highest BCUT2D eigenvalue weighted by Gasteiger charge is 2.29. The van der Waals surface area contributed by atoms with Crippen molar-refractivity contribution in [1.82, 2.24) is 4.90 Å². The van der Waals surface area contributed by atoms with Crippen molar-refractivity contribution >= 4 is 0 Å². The van der Waals surface area contributed by atoms with Crippen LogP contribution in [-0.4, -0.2) is 46.5 Å². The van der Waals surface area contributed by atoms with Gasteiger partial charge < -0.3 is 10.2 Å². The fraction of sp³-hybridized carbons (Fsp3) is 1.00. The van der Waals surface area contributed by atoms with E-state index >= 15 is 0 Å². The summed E-state index contributed by atoms with van der Waals surface area (Å²) in [5, 5.41) is 18.9. The van der Waals surface area contributed by atoms with E-state index < -0.39 is 5.60 Å². The van der Waals surface area contributed by atoms with Crippen molar-refractivity contribution in [3.8, 4) is 0 Å². The lowest BCUT2D eigenvalue weighted by Gasteiger charge is -2.40. The lowest BCUT2D eigenvalue weighted by molar-refractivity contribution is -0.0152. The number of aliphatic hydroxyl groups excluding tert-OH is 1. The van der Waals surface area contributed by atoms with Crippen molar-refractivity contribution in [2.75, 3.05) is 19.7 Å². The minimum Gasteiger partial charge on any atom is -0.395 e. The molecule has 0 aromatic rings. The molecule has 0 saturated heterocycles. The maximum atomic E-state index is 9.97. The molecule has 0 radical (unpaired) electrons. The van der Waals surface area contributed by atoms with Crippen LogP contribution in [0.15, 0.2) is 0 Å². The van der Waals surface area contributed by atoms with E-state index in [0.29, 0.717) is 19.1 Å². The third-order valence-electron chi connectivity index (χ3n) is 3.28. The van der Waals surface area contributed by atoms with E-state index in [1.54, 1.807) is 0 Å². The summed E-state index contributed by atoms with van der Waals surface area (Å²) in [6.45, 7) is 5.44. The van der Waals surface area contributed by atoms with Gasteiger partial charge in [-0.25, -0.2) is 0 Å². The topological polar surface area (TPSA) is 43.7 Å². The maximum absolute atomic E-state index is 9.97. The monoisotopic (exact) mass is 201 g/mol. The molecule has 0 aromatic carbocycles. The highest BCUT2D eigenvalue weighted by atomic mass is 16.3. The van der Waals surface area contributed by atoms with Gasteiger partial charge in [0, 0.05) is 19.1 Å². The van der Waals surface area contributed by atoms with Crippen LogP contribution in [0.2, 0.25) is 0 Å². The Balaban J connectivity index is 2.41. The highest BCUT2D eigenvalue weighted by Crippen LogP contribution is 2.26. The van der Waals surface area contributed by atoms with Gasteiger partial charge in [-0.15, -0.1) is 0 Å². The molecule has 1 fully saturated rings. The maximum Gasteiger partial charge on any atom is 0.0743 e. The standard InChI is InChI=1S/C11H23NO2/c1-3-11(2,14)9-12(7-8-13)10-5-4-6-10/h10,13-14H,3-9H2,1-2H3. The molecule has 14 heavy (non-hydrogen) atoms. The van der Waals surface area contributed by atoms with E-state index in [0.717, 1.165) is 6.42 Å². The minimum atomic E-state index is -0.606. The van der Waals surface area contributed by atoms with E-state index in [1.807, 2.05) is 13.8 Å². The van der Waals surface area contributed by atoms with Gasteiger partial charge in [0.1, 0.15) is 0 Å². The largest absolute Gasteiger partial charge is 0.395 e. The van der Waals surface area contributed by atoms with Gasteiger partial charge in [-0.1, -0.05) is 13.3 Å². The zero-order valence-electron chi connectivity index (χ0n) is 9.37. The molecule has 1 rings (SSSR count). The Morgan fingerprint density at radius 2 is 2.07 bits per heavy atom. The van der Waals surface area contributed by atoms with Gasteiger partial charge in [-0.2, -0.15) is 0 Å². The van der Waals surface area contributed by atoms with E-state index in [1.165, 1.54) is 19.3 Å². The quantitative estimate of drug-likeness (QED) is 0.673. The summed E-state index contributed by atoms with van der Waals surface area (Å²) < 4.78 is 0. The zero-order chi connectivity index (χ0) is 10.6. The molecule has 1 aliphatic rings. The fourth-order valence-corrected chi connectivity index (χ4v) is 1.82. The van der Waals surface area contributed by atoms with Crippen LogP contribution in [0, 0.1) is 0 Å². The molecule has 2 N–H and O–H groups in total. The number of aliphatic hydroxyl groups is 2. The number of nitrogens with zero attached hydrogens (tertiary/aromatic N) is 1. The molecule has 3 heteroatoms. The molecule has 1 aliphatic carbocycles. The predicted octanol–water partition coefficient (Wildman–Crippen LogP) is 0.994. The van der Waals surface area contributed by atoms with Crippen molar-refractivity contribution in [2.45, 2.75) is 51.2 Å². The minimum absolute atomic E-state index is 0.191. The Morgan fingerprint density at radius 1 is 1.43 bits per heavy atom. The van der Waals surface area contributed by atoms with Crippen LogP contribution in [0.25, 0.3) is 0 Å². The molecule has 0 aliphatic heterocycles. The molecule has 0 bridgehead atoms. The summed E-state index contributed by atoms with van der Waals surface area (Å²) in [4.78, 5) is 2.23. The van der Waals surface area contributed by atoms with Crippen LogP contribution < -0.4 is 0 Å². The number of hydrogen-bond donors (Lipinski definition) is 2. The Labute approximate surface area is 86.7 Å². The lowest BCUT2D eigenvalue weighted by atomic mass is 9.90. The van der Waals surface area contributed by atoms with E-state index in [2.05, 4.69) is 4.90 Å². The molecular weight excluding hydrogens is 178 g/mol. The smallest absolute Gasteiger partial charge is 0.0743 e. The van der Waals surface area contributed by atoms with Gasteiger partial charge in [0.25, 0.3) is 0 Å². The first-order valence-corrected chi connectivity index (χ1v) is 5.66. The molecule has 0 amide bonds. The summed E-state index contributed by atoms with van der Waals surface area (Å²) in [6.07, 6.45) is 4.50. The first-order chi connectivity index (χ1) is 6.59. The second kappa shape index (κ2) is 5.10. The van der Waals surface area contributed by atoms with Gasteiger partial charge in [-0.3, -0.25) is 4.90 Å². The van der Waals surface area contributed by atoms with E-state index in [4.69, 9.17) is 5.11 Å². The highest BCUT2D eigenvalue weighted by molar-refractivity contribution is 4.85. The molecule has 84 valence electrons. The summed E-state index contributed by atoms with van der Waals surface area (Å²) in [5.41, 5.74) is -0.606. The van der Waals surface area contributed by atoms with Crippen molar-refractivity contribution in [3.05, 3.63) is 0 Å². The van der Waals surface area contributed by atoms with Gasteiger partial charge in [0.15, 0.2) is 0 Å². The molecule has 1 saturated carbocycles. The third-order valence-corrected chi connectivity index (χ3v) is 3.28. The van der Waals surface area contributed by atoms with Crippen LogP contribution in [0.3, 0.4) is 0 Å². The summed E-state index contributed by atoms with van der Waals surface area (Å²) in [7, 11) is 0. The Bertz CT molecular complexity index is 167. The summed E-state index contributed by atoms with van der Waals surface area (Å²) >= 11 is 0. The molecule has 1 unspecified atom stereocenters. The zero-order valence-corrected chi connectivity index (χ0v) is 9.37. The van der Waals surface area contributed by atoms with Gasteiger partial charge in [0.05, 0.1) is 12.2 Å². The van der Waals surface area contributed by atoms with Crippen LogP contribution in [0.1, 0.15) is 39.5 Å². The molecular formula is C11H23NO2. The van der Waals surface area contributed by atoms with Crippen molar-refractivity contribution < 1.29 is 10.2 Å². The average Bonchev–Trinajstić information content (AvgIpc) is 2.01.